The Labute approximate surface area is 107 Å². The summed E-state index contributed by atoms with van der Waals surface area (Å²) in [5, 5.41) is 5.16. The molecule has 1 N–H and O–H groups in total. The van der Waals surface area contributed by atoms with Crippen LogP contribution < -0.4 is 0 Å². The predicted octanol–water partition coefficient (Wildman–Crippen LogP) is 3.23. The van der Waals surface area contributed by atoms with Crippen molar-refractivity contribution in [2.75, 3.05) is 7.11 Å². The largest absolute Gasteiger partial charge is 0.390 e. The summed E-state index contributed by atoms with van der Waals surface area (Å²) >= 11 is 0. The molecule has 100 valence electrons. The van der Waals surface area contributed by atoms with Gasteiger partial charge in [0, 0.05) is 17.9 Å². The van der Waals surface area contributed by atoms with Crippen molar-refractivity contribution in [3.8, 4) is 0 Å². The molecule has 2 bridgehead atoms. The Bertz CT molecular complexity index is 352. The SMILES string of the molecule is [3H]OC(C)(C)C12CC([C@H](C)C1)[C@](C)(OC)C2(C)C. The lowest BCUT2D eigenvalue weighted by atomic mass is 9.52. The summed E-state index contributed by atoms with van der Waals surface area (Å²) in [6.45, 7) is 13.3. The Morgan fingerprint density at radius 3 is 2.29 bits per heavy atom. The van der Waals surface area contributed by atoms with E-state index in [0.717, 1.165) is 12.8 Å². The zero-order chi connectivity index (χ0) is 14.0. The van der Waals surface area contributed by atoms with Crippen molar-refractivity contribution < 1.29 is 9.85 Å². The van der Waals surface area contributed by atoms with Crippen LogP contribution in [-0.2, 0) is 4.74 Å². The van der Waals surface area contributed by atoms with Gasteiger partial charge in [-0.2, -0.15) is 0 Å². The molecule has 0 radical (unpaired) electrons. The number of methoxy groups -OCH3 is 1. The minimum atomic E-state index is -0.435. The van der Waals surface area contributed by atoms with Gasteiger partial charge in [0.25, 0.3) is 0 Å². The first-order chi connectivity index (χ1) is 8.09. The number of aliphatic hydroxyl groups is 1. The van der Waals surface area contributed by atoms with Crippen LogP contribution in [0.2, 0.25) is 0 Å². The highest BCUT2D eigenvalue weighted by Crippen LogP contribution is 2.74. The van der Waals surface area contributed by atoms with E-state index in [9.17, 15) is 0 Å². The summed E-state index contributed by atoms with van der Waals surface area (Å²) in [7, 11) is 1.83. The monoisotopic (exact) mass is 242 g/mol. The fourth-order valence-corrected chi connectivity index (χ4v) is 5.19. The van der Waals surface area contributed by atoms with Crippen LogP contribution in [0.5, 0.6) is 0 Å². The highest BCUT2D eigenvalue weighted by molar-refractivity contribution is 5.23. The summed E-state index contributed by atoms with van der Waals surface area (Å²) in [4.78, 5) is 0. The summed E-state index contributed by atoms with van der Waals surface area (Å²) < 4.78 is 13.5. The van der Waals surface area contributed by atoms with Crippen molar-refractivity contribution >= 4 is 0 Å². The van der Waals surface area contributed by atoms with Crippen molar-refractivity contribution in [3.63, 3.8) is 0 Å². The molecule has 2 saturated carbocycles. The van der Waals surface area contributed by atoms with Crippen LogP contribution >= 0.6 is 0 Å². The fraction of sp³-hybridized carbons (Fsp3) is 1.00. The summed E-state index contributed by atoms with van der Waals surface area (Å²) in [5.41, 5.74) is -0.524. The average Bonchev–Trinajstić information content (AvgIpc) is 2.74. The van der Waals surface area contributed by atoms with Gasteiger partial charge < -0.3 is 9.85 Å². The smallest absolute Gasteiger partial charge is 0.211 e. The highest BCUT2D eigenvalue weighted by Gasteiger charge is 2.74. The normalized spacial score (nSPS) is 49.5. The molecule has 2 rings (SSSR count). The zero-order valence-electron chi connectivity index (χ0n) is 13.4. The Morgan fingerprint density at radius 1 is 1.29 bits per heavy atom. The highest BCUT2D eigenvalue weighted by atomic mass is 16.5. The van der Waals surface area contributed by atoms with Crippen LogP contribution in [0.4, 0.5) is 0 Å². The summed E-state index contributed by atoms with van der Waals surface area (Å²) in [6, 6.07) is 0. The van der Waals surface area contributed by atoms with Gasteiger partial charge in [-0.1, -0.05) is 20.8 Å². The molecular formula is C15H28O2. The lowest BCUT2D eigenvalue weighted by Crippen LogP contribution is -2.60. The maximum atomic E-state index is 7.51. The van der Waals surface area contributed by atoms with E-state index in [2.05, 4.69) is 41.5 Å². The second-order valence-electron chi connectivity index (χ2n) is 7.52. The molecule has 0 heterocycles. The van der Waals surface area contributed by atoms with Gasteiger partial charge >= 0.3 is 0 Å². The number of rotatable bonds is 3. The molecule has 4 atom stereocenters. The number of fused-ring (bicyclic) bond motifs is 2. The maximum Gasteiger partial charge on any atom is 0.211 e. The topological polar surface area (TPSA) is 29.5 Å². The molecule has 2 unspecified atom stereocenters. The number of ether oxygens (including phenoxy) is 1. The molecule has 0 aromatic carbocycles. The van der Waals surface area contributed by atoms with E-state index in [1.165, 1.54) is 0 Å². The first-order valence-electron chi connectivity index (χ1n) is 7.20. The fourth-order valence-electron chi connectivity index (χ4n) is 5.19. The lowest BCUT2D eigenvalue weighted by Gasteiger charge is -2.57. The van der Waals surface area contributed by atoms with Crippen LogP contribution in [0.15, 0.2) is 0 Å². The molecule has 0 aromatic heterocycles. The first kappa shape index (κ1) is 12.0. The average molecular weight is 242 g/mol. The van der Waals surface area contributed by atoms with Crippen LogP contribution in [0.1, 0.15) is 54.4 Å². The number of hydrogen-bond donors (Lipinski definition) is 1. The molecule has 0 spiro atoms. The van der Waals surface area contributed by atoms with E-state index in [0.29, 0.717) is 11.8 Å². The van der Waals surface area contributed by atoms with E-state index >= 15 is 0 Å². The van der Waals surface area contributed by atoms with Gasteiger partial charge in [0.2, 0.25) is 1.43 Å². The summed E-state index contributed by atoms with van der Waals surface area (Å²) in [6.07, 6.45) is 2.24. The van der Waals surface area contributed by atoms with Crippen molar-refractivity contribution in [1.29, 1.82) is 1.43 Å². The van der Waals surface area contributed by atoms with E-state index in [-0.39, 0.29) is 16.4 Å². The van der Waals surface area contributed by atoms with Crippen LogP contribution in [0.25, 0.3) is 0 Å². The molecular weight excluding hydrogens is 212 g/mol. The third-order valence-electron chi connectivity index (χ3n) is 6.65. The van der Waals surface area contributed by atoms with Gasteiger partial charge in [0.05, 0.1) is 11.2 Å². The Balaban J connectivity index is 2.57. The lowest BCUT2D eigenvalue weighted by molar-refractivity contribution is -0.199. The van der Waals surface area contributed by atoms with Gasteiger partial charge in [0.15, 0.2) is 0 Å². The minimum Gasteiger partial charge on any atom is -0.390 e. The van der Waals surface area contributed by atoms with Gasteiger partial charge in [-0.05, 0) is 45.4 Å². The van der Waals surface area contributed by atoms with Crippen molar-refractivity contribution in [2.24, 2.45) is 22.7 Å². The number of hydrogen-bond acceptors (Lipinski definition) is 2. The zero-order valence-corrected chi connectivity index (χ0v) is 12.4. The molecule has 17 heavy (non-hydrogen) atoms. The Kier molecular flexibility index (Phi) is 2.30. The molecule has 0 aliphatic heterocycles. The van der Waals surface area contributed by atoms with Crippen LogP contribution in [0, 0.1) is 22.7 Å². The third-order valence-corrected chi connectivity index (χ3v) is 6.65. The van der Waals surface area contributed by atoms with Gasteiger partial charge in [0.1, 0.15) is 0 Å². The predicted molar refractivity (Wildman–Crippen MR) is 69.8 cm³/mol. The molecule has 0 aromatic rings. The van der Waals surface area contributed by atoms with Crippen molar-refractivity contribution in [2.45, 2.75) is 65.6 Å². The molecule has 2 nitrogen and oxygen atoms in total. The molecule has 0 amide bonds. The molecule has 2 aliphatic rings. The maximum absolute atomic E-state index is 7.51. The van der Waals surface area contributed by atoms with E-state index in [1.54, 1.807) is 0 Å². The van der Waals surface area contributed by atoms with Gasteiger partial charge in [-0.15, -0.1) is 0 Å². The van der Waals surface area contributed by atoms with Crippen LogP contribution in [-0.4, -0.2) is 24.9 Å². The Hall–Kier alpha value is -0.0800. The van der Waals surface area contributed by atoms with Crippen molar-refractivity contribution in [1.82, 2.24) is 0 Å². The van der Waals surface area contributed by atoms with E-state index in [1.807, 2.05) is 7.11 Å². The van der Waals surface area contributed by atoms with Gasteiger partial charge in [-0.25, -0.2) is 0 Å². The Morgan fingerprint density at radius 2 is 1.88 bits per heavy atom. The van der Waals surface area contributed by atoms with Crippen molar-refractivity contribution in [3.05, 3.63) is 0 Å². The second kappa shape index (κ2) is 3.27. The quantitative estimate of drug-likeness (QED) is 0.823. The van der Waals surface area contributed by atoms with E-state index < -0.39 is 5.60 Å². The summed E-state index contributed by atoms with van der Waals surface area (Å²) in [5.74, 6) is 1.20. The van der Waals surface area contributed by atoms with Gasteiger partial charge in [-0.3, -0.25) is 0 Å². The molecule has 2 heteroatoms. The second-order valence-corrected chi connectivity index (χ2v) is 7.52. The first-order valence-corrected chi connectivity index (χ1v) is 6.79. The van der Waals surface area contributed by atoms with E-state index in [4.69, 9.17) is 11.3 Å². The molecule has 0 saturated heterocycles. The standard InChI is InChI=1S/C15H28O2/c1-10-8-15(13(4,5)16)9-11(10)14(6,17-7)12(15,2)3/h10-11,16H,8-9H2,1-7H3/t10-,11?,14+,15?/m1/s1/i16T. The third kappa shape index (κ3) is 1.24. The van der Waals surface area contributed by atoms with Crippen LogP contribution in [0.3, 0.4) is 0 Å². The minimum absolute atomic E-state index is 0.0104. The molecule has 2 aliphatic carbocycles. The molecule has 2 fully saturated rings.